The Bertz CT molecular complexity index is 947. The van der Waals surface area contributed by atoms with E-state index < -0.39 is 5.91 Å². The van der Waals surface area contributed by atoms with Crippen molar-refractivity contribution in [1.82, 2.24) is 0 Å². The second-order valence-electron chi connectivity index (χ2n) is 5.91. The molecule has 0 aliphatic carbocycles. The minimum atomic E-state index is -0.461. The number of halogens is 1. The van der Waals surface area contributed by atoms with Crippen LogP contribution in [0.1, 0.15) is 24.4 Å². The fraction of sp³-hybridized carbons (Fsp3) is 0.158. The predicted molar refractivity (Wildman–Crippen MR) is 99.1 cm³/mol. The van der Waals surface area contributed by atoms with Gasteiger partial charge in [-0.1, -0.05) is 43.6 Å². The summed E-state index contributed by atoms with van der Waals surface area (Å²) in [5.41, 5.74) is 1.44. The summed E-state index contributed by atoms with van der Waals surface area (Å²) in [5.74, 6) is -0.825. The van der Waals surface area contributed by atoms with Crippen molar-refractivity contribution in [3.63, 3.8) is 0 Å². The van der Waals surface area contributed by atoms with Gasteiger partial charge in [0.1, 0.15) is 11.3 Å². The summed E-state index contributed by atoms with van der Waals surface area (Å²) in [6.45, 7) is 3.56. The SMILES string of the molecule is CC(C)C(=O)Nc1c(C(=O)Nc2cccc(Cl)c2)oc2ccccc12. The van der Waals surface area contributed by atoms with Crippen molar-refractivity contribution in [1.29, 1.82) is 0 Å². The summed E-state index contributed by atoms with van der Waals surface area (Å²) in [5, 5.41) is 6.71. The standard InChI is InChI=1S/C19H17ClN2O3/c1-11(2)18(23)22-16-14-8-3-4-9-15(14)25-17(16)19(24)21-13-7-5-6-12(20)10-13/h3-11H,1-2H3,(H,21,24)(H,22,23). The van der Waals surface area contributed by atoms with Gasteiger partial charge in [-0.05, 0) is 30.3 Å². The number of fused-ring (bicyclic) bond motifs is 1. The van der Waals surface area contributed by atoms with E-state index in [0.29, 0.717) is 27.4 Å². The molecule has 6 heteroatoms. The third-order valence-electron chi connectivity index (χ3n) is 3.66. The quantitative estimate of drug-likeness (QED) is 0.696. The molecule has 0 spiro atoms. The van der Waals surface area contributed by atoms with E-state index in [-0.39, 0.29) is 17.6 Å². The Kier molecular flexibility index (Phi) is 4.76. The van der Waals surface area contributed by atoms with Crippen LogP contribution in [0.5, 0.6) is 0 Å². The predicted octanol–water partition coefficient (Wildman–Crippen LogP) is 4.93. The number of rotatable bonds is 4. The van der Waals surface area contributed by atoms with E-state index in [1.807, 2.05) is 6.07 Å². The van der Waals surface area contributed by atoms with E-state index >= 15 is 0 Å². The summed E-state index contributed by atoms with van der Waals surface area (Å²) < 4.78 is 5.68. The molecular weight excluding hydrogens is 340 g/mol. The Morgan fingerprint density at radius 2 is 1.80 bits per heavy atom. The molecule has 2 aromatic carbocycles. The normalized spacial score (nSPS) is 10.9. The molecule has 0 radical (unpaired) electrons. The first-order valence-electron chi connectivity index (χ1n) is 7.85. The number of anilines is 2. The third-order valence-corrected chi connectivity index (χ3v) is 3.89. The number of benzene rings is 2. The molecule has 0 saturated heterocycles. The maximum Gasteiger partial charge on any atom is 0.293 e. The van der Waals surface area contributed by atoms with Gasteiger partial charge in [0.2, 0.25) is 11.7 Å². The molecule has 128 valence electrons. The minimum Gasteiger partial charge on any atom is -0.449 e. The molecular formula is C19H17ClN2O3. The molecule has 0 saturated carbocycles. The number of carbonyl (C=O) groups is 2. The number of hydrogen-bond donors (Lipinski definition) is 2. The Balaban J connectivity index is 1.99. The Hall–Kier alpha value is -2.79. The third kappa shape index (κ3) is 3.67. The van der Waals surface area contributed by atoms with E-state index in [4.69, 9.17) is 16.0 Å². The van der Waals surface area contributed by atoms with Crippen molar-refractivity contribution in [2.24, 2.45) is 5.92 Å². The first kappa shape index (κ1) is 17.0. The van der Waals surface area contributed by atoms with E-state index in [0.717, 1.165) is 0 Å². The summed E-state index contributed by atoms with van der Waals surface area (Å²) in [7, 11) is 0. The molecule has 5 nitrogen and oxygen atoms in total. The van der Waals surface area contributed by atoms with Crippen molar-refractivity contribution in [2.45, 2.75) is 13.8 Å². The van der Waals surface area contributed by atoms with Gasteiger partial charge >= 0.3 is 0 Å². The van der Waals surface area contributed by atoms with Crippen molar-refractivity contribution in [3.8, 4) is 0 Å². The summed E-state index contributed by atoms with van der Waals surface area (Å²) in [6, 6.07) is 14.0. The van der Waals surface area contributed by atoms with Gasteiger partial charge < -0.3 is 15.1 Å². The molecule has 2 N–H and O–H groups in total. The molecule has 1 heterocycles. The Morgan fingerprint density at radius 1 is 1.04 bits per heavy atom. The van der Waals surface area contributed by atoms with Gasteiger partial charge in [0, 0.05) is 22.0 Å². The first-order chi connectivity index (χ1) is 12.0. The van der Waals surface area contributed by atoms with Gasteiger partial charge in [-0.15, -0.1) is 0 Å². The van der Waals surface area contributed by atoms with Gasteiger partial charge in [-0.25, -0.2) is 0 Å². The number of para-hydroxylation sites is 1. The van der Waals surface area contributed by atoms with Crippen LogP contribution in [0.15, 0.2) is 52.9 Å². The van der Waals surface area contributed by atoms with Crippen LogP contribution in [0.4, 0.5) is 11.4 Å². The second-order valence-corrected chi connectivity index (χ2v) is 6.35. The van der Waals surface area contributed by atoms with Gasteiger partial charge in [0.25, 0.3) is 5.91 Å². The van der Waals surface area contributed by atoms with Crippen molar-refractivity contribution >= 4 is 45.8 Å². The molecule has 1 aromatic heterocycles. The average Bonchev–Trinajstić information content (AvgIpc) is 2.93. The van der Waals surface area contributed by atoms with Gasteiger partial charge in [0.05, 0.1) is 0 Å². The van der Waals surface area contributed by atoms with Crippen LogP contribution in [0, 0.1) is 5.92 Å². The largest absolute Gasteiger partial charge is 0.449 e. The van der Waals surface area contributed by atoms with Crippen LogP contribution in [0.2, 0.25) is 5.02 Å². The monoisotopic (exact) mass is 356 g/mol. The second kappa shape index (κ2) is 6.99. The smallest absolute Gasteiger partial charge is 0.293 e. The molecule has 0 atom stereocenters. The van der Waals surface area contributed by atoms with Crippen LogP contribution >= 0.6 is 11.6 Å². The molecule has 0 aliphatic rings. The Morgan fingerprint density at radius 3 is 2.52 bits per heavy atom. The lowest BCUT2D eigenvalue weighted by Crippen LogP contribution is -2.20. The highest BCUT2D eigenvalue weighted by Crippen LogP contribution is 2.32. The molecule has 0 aliphatic heterocycles. The maximum absolute atomic E-state index is 12.7. The zero-order chi connectivity index (χ0) is 18.0. The van der Waals surface area contributed by atoms with Crippen LogP contribution in [-0.2, 0) is 4.79 Å². The lowest BCUT2D eigenvalue weighted by atomic mass is 10.1. The molecule has 0 unspecified atom stereocenters. The zero-order valence-corrected chi connectivity index (χ0v) is 14.6. The molecule has 25 heavy (non-hydrogen) atoms. The number of amides is 2. The van der Waals surface area contributed by atoms with Crippen molar-refractivity contribution in [2.75, 3.05) is 10.6 Å². The molecule has 0 bridgehead atoms. The minimum absolute atomic E-state index is 0.0511. The van der Waals surface area contributed by atoms with Gasteiger partial charge in [-0.2, -0.15) is 0 Å². The highest BCUT2D eigenvalue weighted by molar-refractivity contribution is 6.31. The summed E-state index contributed by atoms with van der Waals surface area (Å²) in [6.07, 6.45) is 0. The fourth-order valence-corrected chi connectivity index (χ4v) is 2.54. The number of carbonyl (C=O) groups excluding carboxylic acids is 2. The number of hydrogen-bond acceptors (Lipinski definition) is 3. The summed E-state index contributed by atoms with van der Waals surface area (Å²) in [4.78, 5) is 24.8. The lowest BCUT2D eigenvalue weighted by molar-refractivity contribution is -0.118. The van der Waals surface area contributed by atoms with Crippen LogP contribution in [-0.4, -0.2) is 11.8 Å². The molecule has 2 amide bonds. The van der Waals surface area contributed by atoms with E-state index in [1.54, 1.807) is 56.3 Å². The van der Waals surface area contributed by atoms with Crippen LogP contribution in [0.3, 0.4) is 0 Å². The van der Waals surface area contributed by atoms with Gasteiger partial charge in [-0.3, -0.25) is 9.59 Å². The number of nitrogens with one attached hydrogen (secondary N) is 2. The fourth-order valence-electron chi connectivity index (χ4n) is 2.35. The van der Waals surface area contributed by atoms with Gasteiger partial charge in [0.15, 0.2) is 0 Å². The molecule has 3 rings (SSSR count). The maximum atomic E-state index is 12.7. The van der Waals surface area contributed by atoms with Crippen LogP contribution in [0.25, 0.3) is 11.0 Å². The molecule has 0 fully saturated rings. The number of furan rings is 1. The molecule has 3 aromatic rings. The van der Waals surface area contributed by atoms with Crippen LogP contribution < -0.4 is 10.6 Å². The Labute approximate surface area is 150 Å². The highest BCUT2D eigenvalue weighted by Gasteiger charge is 2.23. The van der Waals surface area contributed by atoms with Crippen molar-refractivity contribution < 1.29 is 14.0 Å². The van der Waals surface area contributed by atoms with E-state index in [9.17, 15) is 9.59 Å². The topological polar surface area (TPSA) is 71.3 Å². The lowest BCUT2D eigenvalue weighted by Gasteiger charge is -2.09. The first-order valence-corrected chi connectivity index (χ1v) is 8.23. The zero-order valence-electron chi connectivity index (χ0n) is 13.8. The average molecular weight is 357 g/mol. The van der Waals surface area contributed by atoms with Crippen molar-refractivity contribution in [3.05, 3.63) is 59.3 Å². The summed E-state index contributed by atoms with van der Waals surface area (Å²) >= 11 is 5.94. The van der Waals surface area contributed by atoms with E-state index in [1.165, 1.54) is 0 Å². The van der Waals surface area contributed by atoms with E-state index in [2.05, 4.69) is 10.6 Å². The highest BCUT2D eigenvalue weighted by atomic mass is 35.5.